The van der Waals surface area contributed by atoms with Crippen molar-refractivity contribution in [3.8, 4) is 0 Å². The van der Waals surface area contributed by atoms with Crippen molar-refractivity contribution in [3.63, 3.8) is 0 Å². The van der Waals surface area contributed by atoms with E-state index in [1.165, 1.54) is 6.42 Å². The number of rotatable bonds is 6. The minimum absolute atomic E-state index is 0.00206. The Kier molecular flexibility index (Phi) is 5.59. The number of aromatic amines is 1. The molecule has 3 heterocycles. The molecule has 1 atom stereocenters. The van der Waals surface area contributed by atoms with Crippen molar-refractivity contribution in [2.45, 2.75) is 51.1 Å². The molecule has 5 rings (SSSR count). The summed E-state index contributed by atoms with van der Waals surface area (Å²) in [6, 6.07) is 9.79. The van der Waals surface area contributed by atoms with Crippen molar-refractivity contribution in [2.24, 2.45) is 0 Å². The van der Waals surface area contributed by atoms with E-state index < -0.39 is 0 Å². The molecule has 0 radical (unpaired) electrons. The molecule has 0 saturated carbocycles. The zero-order chi connectivity index (χ0) is 21.2. The van der Waals surface area contributed by atoms with E-state index in [1.54, 1.807) is 10.7 Å². The van der Waals surface area contributed by atoms with Gasteiger partial charge < -0.3 is 10.3 Å². The van der Waals surface area contributed by atoms with Crippen molar-refractivity contribution in [2.75, 3.05) is 19.6 Å². The lowest BCUT2D eigenvalue weighted by molar-refractivity contribution is 0.0909. The van der Waals surface area contributed by atoms with Crippen LogP contribution in [0.2, 0.25) is 0 Å². The molecule has 1 fully saturated rings. The number of benzene rings is 1. The van der Waals surface area contributed by atoms with Gasteiger partial charge in [0.1, 0.15) is 0 Å². The number of hydrogen-bond donors (Lipinski definition) is 2. The van der Waals surface area contributed by atoms with Gasteiger partial charge in [-0.25, -0.2) is 4.68 Å². The zero-order valence-electron chi connectivity index (χ0n) is 17.8. The topological polar surface area (TPSA) is 83.0 Å². The smallest absolute Gasteiger partial charge is 0.267 e. The first-order chi connectivity index (χ1) is 15.2. The number of carbonyl (C=O) groups excluding carboxylic acids is 1. The van der Waals surface area contributed by atoms with Crippen LogP contribution in [0.1, 0.15) is 47.3 Å². The molecule has 1 aromatic carbocycles. The highest BCUT2D eigenvalue weighted by Crippen LogP contribution is 2.19. The van der Waals surface area contributed by atoms with Crippen LogP contribution in [-0.4, -0.2) is 51.2 Å². The lowest BCUT2D eigenvalue weighted by atomic mass is 10.0. The number of nitrogens with zero attached hydrogens (tertiary/aromatic N) is 3. The Morgan fingerprint density at radius 2 is 2.06 bits per heavy atom. The van der Waals surface area contributed by atoms with Gasteiger partial charge in [-0.3, -0.25) is 14.5 Å². The van der Waals surface area contributed by atoms with E-state index in [0.717, 1.165) is 67.4 Å². The molecule has 0 bridgehead atoms. The van der Waals surface area contributed by atoms with Crippen LogP contribution in [-0.2, 0) is 19.4 Å². The summed E-state index contributed by atoms with van der Waals surface area (Å²) in [4.78, 5) is 30.7. The SMILES string of the molecule is O=C(NCC1CCCCN1CCn1nc2c(cc1=O)CCC2)c1ccc2cc[nH]c2c1. The van der Waals surface area contributed by atoms with Crippen LogP contribution in [0.25, 0.3) is 10.9 Å². The Bertz CT molecular complexity index is 1150. The van der Waals surface area contributed by atoms with Crippen LogP contribution in [0.5, 0.6) is 0 Å². The van der Waals surface area contributed by atoms with Gasteiger partial charge in [0, 0.05) is 42.5 Å². The van der Waals surface area contributed by atoms with Crippen LogP contribution >= 0.6 is 0 Å². The summed E-state index contributed by atoms with van der Waals surface area (Å²) < 4.78 is 1.62. The third-order valence-electron chi connectivity index (χ3n) is 6.69. The van der Waals surface area contributed by atoms with Gasteiger partial charge in [-0.05, 0) is 67.8 Å². The lowest BCUT2D eigenvalue weighted by Gasteiger charge is -2.35. The molecule has 2 N–H and O–H groups in total. The van der Waals surface area contributed by atoms with E-state index >= 15 is 0 Å². The fourth-order valence-corrected chi connectivity index (χ4v) is 4.91. The summed E-state index contributed by atoms with van der Waals surface area (Å²) in [6.45, 7) is 2.99. The standard InChI is InChI=1S/C24H29N5O2/c30-23-15-18-4-3-6-21(18)27-29(23)13-12-28-11-2-1-5-20(28)16-26-24(31)19-8-7-17-9-10-25-22(17)14-19/h7-10,14-15,20,25H,1-6,11-13,16H2,(H,26,31). The fourth-order valence-electron chi connectivity index (χ4n) is 4.91. The highest BCUT2D eigenvalue weighted by Gasteiger charge is 2.23. The molecule has 1 aliphatic heterocycles. The average Bonchev–Trinajstić information content (AvgIpc) is 3.44. The van der Waals surface area contributed by atoms with E-state index in [0.29, 0.717) is 18.7 Å². The van der Waals surface area contributed by atoms with Crippen LogP contribution in [0, 0.1) is 0 Å². The number of aryl methyl sites for hydroxylation is 2. The molecule has 7 heteroatoms. The van der Waals surface area contributed by atoms with Gasteiger partial charge in [0.05, 0.1) is 12.2 Å². The van der Waals surface area contributed by atoms with Crippen molar-refractivity contribution < 1.29 is 4.79 Å². The monoisotopic (exact) mass is 419 g/mol. The second-order valence-electron chi connectivity index (χ2n) is 8.71. The van der Waals surface area contributed by atoms with E-state index in [1.807, 2.05) is 30.5 Å². The maximum absolute atomic E-state index is 12.7. The maximum Gasteiger partial charge on any atom is 0.267 e. The van der Waals surface area contributed by atoms with E-state index in [-0.39, 0.29) is 17.5 Å². The van der Waals surface area contributed by atoms with Gasteiger partial charge >= 0.3 is 0 Å². The number of fused-ring (bicyclic) bond motifs is 2. The van der Waals surface area contributed by atoms with Gasteiger partial charge in [-0.2, -0.15) is 5.10 Å². The number of amides is 1. The summed E-state index contributed by atoms with van der Waals surface area (Å²) >= 11 is 0. The Hall–Kier alpha value is -2.93. The predicted octanol–water partition coefficient (Wildman–Crippen LogP) is 2.50. The molecule has 2 aromatic heterocycles. The number of carbonyl (C=O) groups is 1. The molecule has 7 nitrogen and oxygen atoms in total. The van der Waals surface area contributed by atoms with Crippen molar-refractivity contribution in [1.29, 1.82) is 0 Å². The highest BCUT2D eigenvalue weighted by molar-refractivity contribution is 5.97. The molecule has 3 aromatic rings. The fraction of sp³-hybridized carbons (Fsp3) is 0.458. The molecule has 1 amide bonds. The number of aromatic nitrogens is 3. The quantitative estimate of drug-likeness (QED) is 0.643. The number of piperidine rings is 1. The van der Waals surface area contributed by atoms with Crippen LogP contribution < -0.4 is 10.9 Å². The number of H-pyrrole nitrogens is 1. The first kappa shape index (κ1) is 20.0. The third-order valence-corrected chi connectivity index (χ3v) is 6.69. The molecular weight excluding hydrogens is 390 g/mol. The van der Waals surface area contributed by atoms with Gasteiger partial charge in [0.25, 0.3) is 11.5 Å². The molecule has 162 valence electrons. The number of nitrogens with one attached hydrogen (secondary N) is 2. The summed E-state index contributed by atoms with van der Waals surface area (Å²) in [5.74, 6) is -0.0430. The lowest BCUT2D eigenvalue weighted by Crippen LogP contribution is -2.48. The molecule has 0 spiro atoms. The Balaban J connectivity index is 1.20. The number of hydrogen-bond acceptors (Lipinski definition) is 4. The van der Waals surface area contributed by atoms with Gasteiger partial charge in [-0.1, -0.05) is 12.5 Å². The first-order valence-electron chi connectivity index (χ1n) is 11.4. The summed E-state index contributed by atoms with van der Waals surface area (Å²) in [7, 11) is 0. The number of likely N-dealkylation sites (tertiary alicyclic amines) is 1. The van der Waals surface area contributed by atoms with Crippen molar-refractivity contribution >= 4 is 16.8 Å². The Labute approximate surface area is 181 Å². The minimum Gasteiger partial charge on any atom is -0.361 e. The van der Waals surface area contributed by atoms with E-state index in [4.69, 9.17) is 0 Å². The van der Waals surface area contributed by atoms with Gasteiger partial charge in [-0.15, -0.1) is 0 Å². The molecule has 1 aliphatic carbocycles. The predicted molar refractivity (Wildman–Crippen MR) is 120 cm³/mol. The Morgan fingerprint density at radius 3 is 3.00 bits per heavy atom. The summed E-state index contributed by atoms with van der Waals surface area (Å²) in [6.07, 6.45) is 8.31. The van der Waals surface area contributed by atoms with Gasteiger partial charge in [0.2, 0.25) is 0 Å². The third kappa shape index (κ3) is 4.28. The molecule has 1 unspecified atom stereocenters. The second-order valence-corrected chi connectivity index (χ2v) is 8.71. The van der Waals surface area contributed by atoms with Crippen LogP contribution in [0.4, 0.5) is 0 Å². The average molecular weight is 420 g/mol. The van der Waals surface area contributed by atoms with Crippen molar-refractivity contribution in [3.05, 3.63) is 63.7 Å². The molecular formula is C24H29N5O2. The van der Waals surface area contributed by atoms with Crippen LogP contribution in [0.3, 0.4) is 0 Å². The largest absolute Gasteiger partial charge is 0.361 e. The second kappa shape index (κ2) is 8.67. The van der Waals surface area contributed by atoms with Crippen molar-refractivity contribution in [1.82, 2.24) is 25.0 Å². The summed E-state index contributed by atoms with van der Waals surface area (Å²) in [5, 5.41) is 8.82. The van der Waals surface area contributed by atoms with E-state index in [9.17, 15) is 9.59 Å². The molecule has 2 aliphatic rings. The minimum atomic E-state index is -0.0430. The van der Waals surface area contributed by atoms with E-state index in [2.05, 4.69) is 20.3 Å². The summed E-state index contributed by atoms with van der Waals surface area (Å²) in [5.41, 5.74) is 3.85. The first-order valence-corrected chi connectivity index (χ1v) is 11.4. The maximum atomic E-state index is 12.7. The normalized spacial score (nSPS) is 18.9. The van der Waals surface area contributed by atoms with Crippen LogP contribution in [0.15, 0.2) is 41.3 Å². The Morgan fingerprint density at radius 1 is 1.13 bits per heavy atom. The van der Waals surface area contributed by atoms with Gasteiger partial charge in [0.15, 0.2) is 0 Å². The zero-order valence-corrected chi connectivity index (χ0v) is 17.8. The molecule has 31 heavy (non-hydrogen) atoms. The molecule has 1 saturated heterocycles. The highest BCUT2D eigenvalue weighted by atomic mass is 16.1.